The van der Waals surface area contributed by atoms with Gasteiger partial charge in [-0.15, -0.1) is 0 Å². The zero-order valence-electron chi connectivity index (χ0n) is 15.6. The second kappa shape index (κ2) is 11.7. The van der Waals surface area contributed by atoms with Gasteiger partial charge >= 0.3 is 5.97 Å². The van der Waals surface area contributed by atoms with Crippen LogP contribution in [0.25, 0.3) is 0 Å². The minimum Gasteiger partial charge on any atom is -0.460 e. The molecule has 0 spiro atoms. The molecule has 0 bridgehead atoms. The Morgan fingerprint density at radius 2 is 1.56 bits per heavy atom. The first kappa shape index (κ1) is 23.2. The fraction of sp³-hybridized carbons (Fsp3) is 0.667. The zero-order chi connectivity index (χ0) is 19.5. The molecule has 8 nitrogen and oxygen atoms in total. The van der Waals surface area contributed by atoms with Crippen molar-refractivity contribution in [3.63, 3.8) is 0 Å². The summed E-state index contributed by atoms with van der Waals surface area (Å²) in [7, 11) is 1.70. The first-order valence-corrected chi connectivity index (χ1v) is 8.69. The topological polar surface area (TPSA) is 99.1 Å². The summed E-state index contributed by atoms with van der Waals surface area (Å²) < 4.78 is 5.23. The molecule has 0 aromatic heterocycles. The second-order valence-electron chi connectivity index (χ2n) is 6.14. The SMILES string of the molecule is CNC(=S)NN=C(C)C(C)=NNC(=S)NCCCC(=O)OC(C)(C)C. The smallest absolute Gasteiger partial charge is 0.306 e. The van der Waals surface area contributed by atoms with Crippen molar-refractivity contribution in [2.24, 2.45) is 10.2 Å². The van der Waals surface area contributed by atoms with E-state index < -0.39 is 5.60 Å². The third-order valence-electron chi connectivity index (χ3n) is 2.66. The third kappa shape index (κ3) is 13.2. The lowest BCUT2D eigenvalue weighted by molar-refractivity contribution is -0.154. The van der Waals surface area contributed by atoms with Gasteiger partial charge in [-0.3, -0.25) is 15.6 Å². The molecular weight excluding hydrogens is 360 g/mol. The molecular formula is C15H28N6O2S2. The highest BCUT2D eigenvalue weighted by Gasteiger charge is 2.15. The first-order valence-electron chi connectivity index (χ1n) is 7.87. The zero-order valence-corrected chi connectivity index (χ0v) is 17.3. The van der Waals surface area contributed by atoms with E-state index in [-0.39, 0.29) is 5.97 Å². The molecule has 0 rings (SSSR count). The van der Waals surface area contributed by atoms with Crippen molar-refractivity contribution in [2.45, 2.75) is 53.1 Å². The number of carbonyl (C=O) groups excluding carboxylic acids is 1. The van der Waals surface area contributed by atoms with Crippen molar-refractivity contribution in [1.82, 2.24) is 21.5 Å². The fourth-order valence-electron chi connectivity index (χ4n) is 1.35. The molecule has 0 aromatic rings. The number of esters is 1. The van der Waals surface area contributed by atoms with Crippen LogP contribution in [0.2, 0.25) is 0 Å². The van der Waals surface area contributed by atoms with E-state index in [9.17, 15) is 4.79 Å². The van der Waals surface area contributed by atoms with Crippen molar-refractivity contribution >= 4 is 52.1 Å². The van der Waals surface area contributed by atoms with Gasteiger partial charge in [0, 0.05) is 20.0 Å². The summed E-state index contributed by atoms with van der Waals surface area (Å²) in [6.45, 7) is 9.66. The van der Waals surface area contributed by atoms with Gasteiger partial charge < -0.3 is 15.4 Å². The van der Waals surface area contributed by atoms with Crippen LogP contribution in [-0.2, 0) is 9.53 Å². The molecule has 0 aliphatic heterocycles. The van der Waals surface area contributed by atoms with Gasteiger partial charge in [-0.25, -0.2) is 0 Å². The number of thiocarbonyl (C=S) groups is 2. The average molecular weight is 389 g/mol. The first-order chi connectivity index (χ1) is 11.5. The molecule has 4 N–H and O–H groups in total. The average Bonchev–Trinajstić information content (AvgIpc) is 2.52. The van der Waals surface area contributed by atoms with Crippen LogP contribution in [0.3, 0.4) is 0 Å². The lowest BCUT2D eigenvalue weighted by Gasteiger charge is -2.19. The van der Waals surface area contributed by atoms with Gasteiger partial charge in [0.1, 0.15) is 5.60 Å². The Morgan fingerprint density at radius 3 is 2.04 bits per heavy atom. The van der Waals surface area contributed by atoms with Crippen molar-refractivity contribution < 1.29 is 9.53 Å². The van der Waals surface area contributed by atoms with Gasteiger partial charge in [0.2, 0.25) is 0 Å². The molecule has 0 heterocycles. The highest BCUT2D eigenvalue weighted by Crippen LogP contribution is 2.08. The minimum atomic E-state index is -0.460. The van der Waals surface area contributed by atoms with Crippen LogP contribution in [0, 0.1) is 0 Å². The summed E-state index contributed by atoms with van der Waals surface area (Å²) in [5.41, 5.74) is 6.26. The third-order valence-corrected chi connectivity index (χ3v) is 3.20. The molecule has 0 saturated carbocycles. The summed E-state index contributed by atoms with van der Waals surface area (Å²) in [4.78, 5) is 11.6. The number of carbonyl (C=O) groups is 1. The number of nitrogens with zero attached hydrogens (tertiary/aromatic N) is 2. The Bertz CT molecular complexity index is 541. The van der Waals surface area contributed by atoms with Gasteiger partial charge in [0.15, 0.2) is 10.2 Å². The van der Waals surface area contributed by atoms with E-state index >= 15 is 0 Å². The lowest BCUT2D eigenvalue weighted by atomic mass is 10.2. The molecule has 0 aromatic carbocycles. The minimum absolute atomic E-state index is 0.221. The standard InChI is InChI=1S/C15H28N6O2S2/c1-10(18-20-13(24)16-6)11(2)19-21-14(25)17-9-7-8-12(22)23-15(3,4)5/h7-9H2,1-6H3,(H2,16,20,24)(H2,17,21,25). The predicted molar refractivity (Wildman–Crippen MR) is 110 cm³/mol. The van der Waals surface area contributed by atoms with E-state index in [0.717, 1.165) is 0 Å². The van der Waals surface area contributed by atoms with Crippen LogP contribution in [0.5, 0.6) is 0 Å². The van der Waals surface area contributed by atoms with Crippen LogP contribution in [0.15, 0.2) is 10.2 Å². The maximum Gasteiger partial charge on any atom is 0.306 e. The highest BCUT2D eigenvalue weighted by atomic mass is 32.1. The van der Waals surface area contributed by atoms with Gasteiger partial charge in [0.25, 0.3) is 0 Å². The van der Waals surface area contributed by atoms with Gasteiger partial charge in [0.05, 0.1) is 11.4 Å². The number of hydrogen-bond acceptors (Lipinski definition) is 6. The summed E-state index contributed by atoms with van der Waals surface area (Å²) in [6.07, 6.45) is 0.948. The Hall–Kier alpha value is -1.81. The van der Waals surface area contributed by atoms with Crippen LogP contribution in [-0.4, -0.2) is 46.8 Å². The van der Waals surface area contributed by atoms with Crippen molar-refractivity contribution in [2.75, 3.05) is 13.6 Å². The van der Waals surface area contributed by atoms with E-state index in [1.165, 1.54) is 0 Å². The summed E-state index contributed by atoms with van der Waals surface area (Å²) >= 11 is 10.0. The maximum atomic E-state index is 11.6. The number of ether oxygens (including phenoxy) is 1. The van der Waals surface area contributed by atoms with Crippen molar-refractivity contribution in [3.05, 3.63) is 0 Å². The summed E-state index contributed by atoms with van der Waals surface area (Å²) in [6, 6.07) is 0. The predicted octanol–water partition coefficient (Wildman–Crippen LogP) is 1.42. The number of nitrogens with one attached hydrogen (secondary N) is 4. The van der Waals surface area contributed by atoms with Crippen LogP contribution < -0.4 is 21.5 Å². The molecule has 0 aliphatic rings. The normalized spacial score (nSPS) is 12.2. The van der Waals surface area contributed by atoms with E-state index in [1.807, 2.05) is 20.8 Å². The highest BCUT2D eigenvalue weighted by molar-refractivity contribution is 7.80. The van der Waals surface area contributed by atoms with E-state index in [0.29, 0.717) is 41.0 Å². The number of hydrazone groups is 2. The molecule has 25 heavy (non-hydrogen) atoms. The van der Waals surface area contributed by atoms with Gasteiger partial charge in [-0.1, -0.05) is 0 Å². The van der Waals surface area contributed by atoms with Crippen molar-refractivity contribution in [3.8, 4) is 0 Å². The van der Waals surface area contributed by atoms with E-state index in [4.69, 9.17) is 29.2 Å². The summed E-state index contributed by atoms with van der Waals surface area (Å²) in [5.74, 6) is -0.221. The van der Waals surface area contributed by atoms with Gasteiger partial charge in [-0.05, 0) is 65.5 Å². The molecule has 0 amide bonds. The van der Waals surface area contributed by atoms with E-state index in [1.54, 1.807) is 20.9 Å². The fourth-order valence-corrected chi connectivity index (χ4v) is 1.55. The maximum absolute atomic E-state index is 11.6. The molecule has 0 atom stereocenters. The Morgan fingerprint density at radius 1 is 1.04 bits per heavy atom. The van der Waals surface area contributed by atoms with Crippen molar-refractivity contribution in [1.29, 1.82) is 0 Å². The monoisotopic (exact) mass is 388 g/mol. The molecule has 142 valence electrons. The van der Waals surface area contributed by atoms with Crippen LogP contribution in [0.4, 0.5) is 0 Å². The largest absolute Gasteiger partial charge is 0.460 e. The van der Waals surface area contributed by atoms with Crippen LogP contribution in [0.1, 0.15) is 47.5 Å². The number of rotatable bonds is 7. The molecule has 0 fully saturated rings. The summed E-state index contributed by atoms with van der Waals surface area (Å²) in [5, 5.41) is 14.7. The Balaban J connectivity index is 4.10. The molecule has 0 unspecified atom stereocenters. The Kier molecular flexibility index (Phi) is 10.8. The molecule has 0 radical (unpaired) electrons. The van der Waals surface area contributed by atoms with Crippen LogP contribution >= 0.6 is 24.4 Å². The molecule has 0 aliphatic carbocycles. The molecule has 0 saturated heterocycles. The quantitative estimate of drug-likeness (QED) is 0.171. The lowest BCUT2D eigenvalue weighted by Crippen LogP contribution is -2.34. The van der Waals surface area contributed by atoms with E-state index in [2.05, 4.69) is 31.7 Å². The Labute approximate surface area is 160 Å². The molecule has 10 heteroatoms. The number of hydrogen-bond donors (Lipinski definition) is 4. The second-order valence-corrected chi connectivity index (χ2v) is 6.96. The van der Waals surface area contributed by atoms with Gasteiger partial charge in [-0.2, -0.15) is 10.2 Å².